The fraction of sp³-hybridized carbons (Fsp3) is 0.125. The summed E-state index contributed by atoms with van der Waals surface area (Å²) in [6, 6.07) is 6.61. The highest BCUT2D eigenvalue weighted by atomic mass is 35.5. The summed E-state index contributed by atoms with van der Waals surface area (Å²) >= 11 is 5.70. The lowest BCUT2D eigenvalue weighted by Gasteiger charge is -2.14. The Morgan fingerprint density at radius 2 is 2.31 bits per heavy atom. The number of nitrogens with zero attached hydrogens (tertiary/aromatic N) is 1. The van der Waals surface area contributed by atoms with Crippen molar-refractivity contribution in [2.45, 2.75) is 0 Å². The van der Waals surface area contributed by atoms with Gasteiger partial charge in [0.05, 0.1) is 12.8 Å². The maximum Gasteiger partial charge on any atom is 0.428 e. The van der Waals surface area contributed by atoms with Gasteiger partial charge in [-0.1, -0.05) is 17.7 Å². The Labute approximate surface area is 80.8 Å². The van der Waals surface area contributed by atoms with Gasteiger partial charge in [0, 0.05) is 5.02 Å². The van der Waals surface area contributed by atoms with E-state index in [1.54, 1.807) is 24.3 Å². The number of anilines is 1. The Morgan fingerprint density at radius 3 is 2.85 bits per heavy atom. The van der Waals surface area contributed by atoms with Crippen molar-refractivity contribution in [2.24, 2.45) is 5.84 Å². The third-order valence-electron chi connectivity index (χ3n) is 1.46. The maximum atomic E-state index is 11.0. The van der Waals surface area contributed by atoms with Crippen molar-refractivity contribution in [1.29, 1.82) is 0 Å². The molecule has 0 bridgehead atoms. The molecule has 2 N–H and O–H groups in total. The average Bonchev–Trinajstić information content (AvgIpc) is 2.15. The number of ether oxygens (including phenoxy) is 1. The summed E-state index contributed by atoms with van der Waals surface area (Å²) in [7, 11) is 1.26. The zero-order valence-corrected chi connectivity index (χ0v) is 7.78. The molecule has 1 aromatic rings. The van der Waals surface area contributed by atoms with Crippen LogP contribution >= 0.6 is 11.6 Å². The van der Waals surface area contributed by atoms with E-state index in [1.807, 2.05) is 0 Å². The highest BCUT2D eigenvalue weighted by Gasteiger charge is 2.10. The molecule has 0 aliphatic rings. The summed E-state index contributed by atoms with van der Waals surface area (Å²) in [6.45, 7) is 0. The molecule has 0 atom stereocenters. The topological polar surface area (TPSA) is 55.6 Å². The van der Waals surface area contributed by atoms with Crippen LogP contribution in [-0.2, 0) is 4.74 Å². The zero-order chi connectivity index (χ0) is 9.84. The first-order chi connectivity index (χ1) is 6.15. The van der Waals surface area contributed by atoms with Gasteiger partial charge in [-0.2, -0.15) is 0 Å². The number of hydrogen-bond acceptors (Lipinski definition) is 3. The fourth-order valence-corrected chi connectivity index (χ4v) is 1.01. The number of amides is 1. The smallest absolute Gasteiger partial charge is 0.428 e. The maximum absolute atomic E-state index is 11.0. The Hall–Kier alpha value is -1.26. The molecule has 0 saturated carbocycles. The number of rotatable bonds is 1. The number of hydrazine groups is 1. The third kappa shape index (κ3) is 2.34. The molecular weight excluding hydrogens is 192 g/mol. The molecule has 0 aromatic heterocycles. The molecule has 1 amide bonds. The molecule has 0 aliphatic heterocycles. The number of nitrogens with two attached hydrogens (primary N) is 1. The second kappa shape index (κ2) is 4.11. The van der Waals surface area contributed by atoms with Crippen LogP contribution in [0.3, 0.4) is 0 Å². The fourth-order valence-electron chi connectivity index (χ4n) is 0.830. The number of methoxy groups -OCH3 is 1. The van der Waals surface area contributed by atoms with Crippen molar-refractivity contribution in [3.8, 4) is 0 Å². The molecule has 0 fully saturated rings. The van der Waals surface area contributed by atoms with Crippen LogP contribution in [0.2, 0.25) is 5.02 Å². The summed E-state index contributed by atoms with van der Waals surface area (Å²) in [5, 5.41) is 1.39. The Balaban J connectivity index is 2.88. The highest BCUT2D eigenvalue weighted by Crippen LogP contribution is 2.17. The minimum atomic E-state index is -0.637. The van der Waals surface area contributed by atoms with Crippen LogP contribution in [0.15, 0.2) is 24.3 Å². The monoisotopic (exact) mass is 200 g/mol. The number of hydrogen-bond donors (Lipinski definition) is 1. The molecule has 0 saturated heterocycles. The minimum absolute atomic E-state index is 0.486. The SMILES string of the molecule is COC(=O)N(N)c1cccc(Cl)c1. The molecule has 13 heavy (non-hydrogen) atoms. The van der Waals surface area contributed by atoms with Crippen LogP contribution in [0.4, 0.5) is 10.5 Å². The van der Waals surface area contributed by atoms with Crippen molar-refractivity contribution >= 4 is 23.4 Å². The van der Waals surface area contributed by atoms with Gasteiger partial charge in [0.25, 0.3) is 0 Å². The molecule has 5 heteroatoms. The van der Waals surface area contributed by atoms with Crippen molar-refractivity contribution < 1.29 is 9.53 Å². The third-order valence-corrected chi connectivity index (χ3v) is 1.69. The van der Waals surface area contributed by atoms with Gasteiger partial charge >= 0.3 is 6.09 Å². The van der Waals surface area contributed by atoms with E-state index in [9.17, 15) is 4.79 Å². The Kier molecular flexibility index (Phi) is 3.11. The van der Waals surface area contributed by atoms with E-state index in [1.165, 1.54) is 7.11 Å². The molecular formula is C8H9ClN2O2. The van der Waals surface area contributed by atoms with Crippen molar-refractivity contribution in [2.75, 3.05) is 12.1 Å². The normalized spacial score (nSPS) is 9.46. The Bertz CT molecular complexity index is 317. The van der Waals surface area contributed by atoms with Gasteiger partial charge in [-0.3, -0.25) is 0 Å². The van der Waals surface area contributed by atoms with Crippen molar-refractivity contribution in [3.63, 3.8) is 0 Å². The first-order valence-corrected chi connectivity index (χ1v) is 3.91. The second-order valence-corrected chi connectivity index (χ2v) is 2.76. The van der Waals surface area contributed by atoms with Crippen molar-refractivity contribution in [3.05, 3.63) is 29.3 Å². The lowest BCUT2D eigenvalue weighted by molar-refractivity contribution is 0.178. The van der Waals surface area contributed by atoms with Crippen molar-refractivity contribution in [1.82, 2.24) is 0 Å². The molecule has 0 unspecified atom stereocenters. The molecule has 1 aromatic carbocycles. The van der Waals surface area contributed by atoms with Gasteiger partial charge in [-0.25, -0.2) is 15.6 Å². The number of benzene rings is 1. The number of halogens is 1. The Morgan fingerprint density at radius 1 is 1.62 bits per heavy atom. The highest BCUT2D eigenvalue weighted by molar-refractivity contribution is 6.30. The van der Waals surface area contributed by atoms with E-state index < -0.39 is 6.09 Å². The quantitative estimate of drug-likeness (QED) is 0.427. The molecule has 1 rings (SSSR count). The first kappa shape index (κ1) is 9.83. The second-order valence-electron chi connectivity index (χ2n) is 2.32. The lowest BCUT2D eigenvalue weighted by atomic mass is 10.3. The standard InChI is InChI=1S/C8H9ClN2O2/c1-13-8(12)11(10)7-4-2-3-6(9)5-7/h2-5H,10H2,1H3. The van der Waals surface area contributed by atoms with E-state index in [4.69, 9.17) is 17.4 Å². The van der Waals surface area contributed by atoms with E-state index in [0.717, 1.165) is 5.01 Å². The molecule has 0 radical (unpaired) electrons. The van der Waals surface area contributed by atoms with Crippen LogP contribution in [0, 0.1) is 0 Å². The number of carbonyl (C=O) groups is 1. The van der Waals surface area contributed by atoms with E-state index in [0.29, 0.717) is 10.7 Å². The molecule has 0 heterocycles. The predicted molar refractivity (Wildman–Crippen MR) is 50.5 cm³/mol. The first-order valence-electron chi connectivity index (χ1n) is 3.53. The van der Waals surface area contributed by atoms with Gasteiger partial charge in [0.1, 0.15) is 0 Å². The van der Waals surface area contributed by atoms with Crippen LogP contribution in [0.1, 0.15) is 0 Å². The van der Waals surface area contributed by atoms with E-state index >= 15 is 0 Å². The van der Waals surface area contributed by atoms with Crippen LogP contribution in [0.5, 0.6) is 0 Å². The van der Waals surface area contributed by atoms with Gasteiger partial charge in [0.15, 0.2) is 0 Å². The summed E-state index contributed by atoms with van der Waals surface area (Å²) in [6.07, 6.45) is -0.637. The summed E-state index contributed by atoms with van der Waals surface area (Å²) in [5.41, 5.74) is 0.486. The number of carbonyl (C=O) groups excluding carboxylic acids is 1. The van der Waals surface area contributed by atoms with Gasteiger partial charge in [-0.15, -0.1) is 0 Å². The van der Waals surface area contributed by atoms with Crippen LogP contribution < -0.4 is 10.9 Å². The zero-order valence-electron chi connectivity index (χ0n) is 7.03. The van der Waals surface area contributed by atoms with E-state index in [-0.39, 0.29) is 0 Å². The molecule has 0 aliphatic carbocycles. The van der Waals surface area contributed by atoms with Gasteiger partial charge in [-0.05, 0) is 18.2 Å². The largest absolute Gasteiger partial charge is 0.452 e. The van der Waals surface area contributed by atoms with Crippen LogP contribution in [-0.4, -0.2) is 13.2 Å². The minimum Gasteiger partial charge on any atom is -0.452 e. The van der Waals surface area contributed by atoms with E-state index in [2.05, 4.69) is 4.74 Å². The average molecular weight is 201 g/mol. The molecule has 70 valence electrons. The molecule has 4 nitrogen and oxygen atoms in total. The van der Waals surface area contributed by atoms with Crippen LogP contribution in [0.25, 0.3) is 0 Å². The summed E-state index contributed by atoms with van der Waals surface area (Å²) in [5.74, 6) is 5.42. The van der Waals surface area contributed by atoms with Gasteiger partial charge in [0.2, 0.25) is 0 Å². The predicted octanol–water partition coefficient (Wildman–Crippen LogP) is 1.79. The lowest BCUT2D eigenvalue weighted by Crippen LogP contribution is -2.37. The summed E-state index contributed by atoms with van der Waals surface area (Å²) < 4.78 is 4.43. The summed E-state index contributed by atoms with van der Waals surface area (Å²) in [4.78, 5) is 11.0. The molecule has 0 spiro atoms. The van der Waals surface area contributed by atoms with Gasteiger partial charge < -0.3 is 4.74 Å².